The summed E-state index contributed by atoms with van der Waals surface area (Å²) in [6.07, 6.45) is 7.57. The van der Waals surface area contributed by atoms with Crippen molar-refractivity contribution >= 4 is 17.5 Å². The summed E-state index contributed by atoms with van der Waals surface area (Å²) in [7, 11) is 0. The molecule has 9 nitrogen and oxygen atoms in total. The Labute approximate surface area is 348 Å². The van der Waals surface area contributed by atoms with Crippen molar-refractivity contribution in [3.05, 3.63) is 167 Å². The van der Waals surface area contributed by atoms with Crippen LogP contribution in [0.25, 0.3) is 0 Å². The number of hydrogen-bond acceptors (Lipinski definition) is 8. The van der Waals surface area contributed by atoms with E-state index in [9.17, 15) is 4.79 Å². The summed E-state index contributed by atoms with van der Waals surface area (Å²) in [5.74, 6) is 3.07. The fourth-order valence-electron chi connectivity index (χ4n) is 4.87. The van der Waals surface area contributed by atoms with E-state index in [0.717, 1.165) is 22.6 Å². The minimum Gasteiger partial charge on any atom is -0.461 e. The van der Waals surface area contributed by atoms with Crippen molar-refractivity contribution in [3.63, 3.8) is 0 Å². The number of carbonyl (C=O) groups excluding carboxylic acids is 1. The third kappa shape index (κ3) is 19.9. The molecular formula is C49H67N7O2. The van der Waals surface area contributed by atoms with Crippen molar-refractivity contribution in [2.45, 2.75) is 119 Å². The summed E-state index contributed by atoms with van der Waals surface area (Å²) in [5.41, 5.74) is 20.9. The van der Waals surface area contributed by atoms with E-state index in [4.69, 9.17) is 16.2 Å². The second kappa shape index (κ2) is 26.2. The molecule has 0 saturated carbocycles. The maximum absolute atomic E-state index is 11.7. The van der Waals surface area contributed by atoms with Crippen molar-refractivity contribution in [1.82, 2.24) is 25.1 Å². The lowest BCUT2D eigenvalue weighted by Crippen LogP contribution is -2.09. The van der Waals surface area contributed by atoms with Gasteiger partial charge in [0.1, 0.15) is 12.4 Å². The van der Waals surface area contributed by atoms with E-state index in [-0.39, 0.29) is 12.4 Å². The number of carbonyl (C=O) groups is 1. The first-order chi connectivity index (χ1) is 27.5. The van der Waals surface area contributed by atoms with E-state index >= 15 is 0 Å². The van der Waals surface area contributed by atoms with E-state index in [2.05, 4.69) is 119 Å². The standard InChI is InChI=1S/C17H19NO2.2C9H13N.C8H12N2.C6H10N2/c1-13(2)15-8-9-16(18-11-15)10-17(19)20-12-14-6-4-3-5-7-14;1-7(2)9-5-4-8(3)10-6-9;1-7(2)8-3-5-9(10)6-4-8;1-6(2)7-3-4-8(9)10-5-7;1-5(2)6-3-4-7-8-6/h3-9,11,13H,10,12H2,1-2H3;4-7H,1-3H3;3-7H,10H2,1-2H3;3-6H,1-2H3,(H2,9,10);3-5H,1-2H3,(H,7,8). The second-order valence-corrected chi connectivity index (χ2v) is 15.6. The van der Waals surface area contributed by atoms with Crippen LogP contribution in [-0.4, -0.2) is 31.1 Å². The van der Waals surface area contributed by atoms with Gasteiger partial charge in [-0.25, -0.2) is 4.98 Å². The number of aromatic amines is 1. The Morgan fingerprint density at radius 2 is 1.10 bits per heavy atom. The van der Waals surface area contributed by atoms with Gasteiger partial charge in [0, 0.05) is 41.9 Å². The maximum atomic E-state index is 11.7. The zero-order chi connectivity index (χ0) is 43.0. The van der Waals surface area contributed by atoms with Gasteiger partial charge in [-0.15, -0.1) is 0 Å². The second-order valence-electron chi connectivity index (χ2n) is 15.6. The molecule has 0 atom stereocenters. The maximum Gasteiger partial charge on any atom is 0.312 e. The van der Waals surface area contributed by atoms with Crippen LogP contribution in [0.15, 0.2) is 122 Å². The fourth-order valence-corrected chi connectivity index (χ4v) is 4.87. The quantitative estimate of drug-likeness (QED) is 0.0970. The number of ether oxygens (including phenoxy) is 1. The van der Waals surface area contributed by atoms with Crippen molar-refractivity contribution < 1.29 is 9.53 Å². The van der Waals surface area contributed by atoms with Crippen LogP contribution in [0.4, 0.5) is 11.5 Å². The van der Waals surface area contributed by atoms with Gasteiger partial charge in [0.25, 0.3) is 0 Å². The first-order valence-electron chi connectivity index (χ1n) is 20.2. The first kappa shape index (κ1) is 48.3. The molecule has 310 valence electrons. The molecule has 0 unspecified atom stereocenters. The number of nitrogens with two attached hydrogens (primary N) is 2. The van der Waals surface area contributed by atoms with Crippen LogP contribution in [0.5, 0.6) is 0 Å². The molecule has 0 bridgehead atoms. The van der Waals surface area contributed by atoms with E-state index in [0.29, 0.717) is 42.0 Å². The van der Waals surface area contributed by atoms with Gasteiger partial charge in [-0.2, -0.15) is 5.10 Å². The molecule has 0 radical (unpaired) electrons. The van der Waals surface area contributed by atoms with E-state index < -0.39 is 0 Å². The largest absolute Gasteiger partial charge is 0.461 e. The Balaban J connectivity index is 0.000000263. The number of esters is 1. The van der Waals surface area contributed by atoms with Crippen molar-refractivity contribution in [2.24, 2.45) is 0 Å². The molecule has 2 aromatic carbocycles. The summed E-state index contributed by atoms with van der Waals surface area (Å²) >= 11 is 0. The third-order valence-corrected chi connectivity index (χ3v) is 8.91. The predicted octanol–water partition coefficient (Wildman–Crippen LogP) is 11.7. The van der Waals surface area contributed by atoms with Gasteiger partial charge in [0.15, 0.2) is 0 Å². The van der Waals surface area contributed by atoms with Crippen molar-refractivity contribution in [1.29, 1.82) is 0 Å². The number of aryl methyl sites for hydroxylation is 1. The highest BCUT2D eigenvalue weighted by molar-refractivity contribution is 5.72. The number of H-pyrrole nitrogens is 1. The number of rotatable bonds is 9. The molecule has 6 rings (SSSR count). The van der Waals surface area contributed by atoms with E-state index in [1.165, 1.54) is 27.9 Å². The number of nitrogens with zero attached hydrogens (tertiary/aromatic N) is 4. The van der Waals surface area contributed by atoms with Gasteiger partial charge < -0.3 is 16.2 Å². The van der Waals surface area contributed by atoms with Gasteiger partial charge in [0.2, 0.25) is 0 Å². The monoisotopic (exact) mass is 786 g/mol. The number of hydrogen-bond donors (Lipinski definition) is 3. The number of nitrogens with one attached hydrogen (secondary N) is 1. The van der Waals surface area contributed by atoms with Gasteiger partial charge >= 0.3 is 5.97 Å². The molecular weight excluding hydrogens is 719 g/mol. The van der Waals surface area contributed by atoms with Crippen LogP contribution in [-0.2, 0) is 22.6 Å². The highest BCUT2D eigenvalue weighted by atomic mass is 16.5. The molecule has 0 aliphatic rings. The number of benzene rings is 2. The highest BCUT2D eigenvalue weighted by Gasteiger charge is 2.08. The molecule has 0 aliphatic carbocycles. The van der Waals surface area contributed by atoms with Crippen LogP contribution in [0.1, 0.15) is 144 Å². The van der Waals surface area contributed by atoms with Gasteiger partial charge in [-0.05, 0) is 101 Å². The minimum absolute atomic E-state index is 0.214. The molecule has 0 amide bonds. The van der Waals surface area contributed by atoms with Crippen LogP contribution in [0.3, 0.4) is 0 Å². The first-order valence-corrected chi connectivity index (χ1v) is 20.2. The zero-order valence-corrected chi connectivity index (χ0v) is 36.6. The molecule has 9 heteroatoms. The lowest BCUT2D eigenvalue weighted by atomic mass is 10.0. The summed E-state index contributed by atoms with van der Waals surface area (Å²) in [6.45, 7) is 23.8. The molecule has 58 heavy (non-hydrogen) atoms. The van der Waals surface area contributed by atoms with Crippen LogP contribution in [0, 0.1) is 6.92 Å². The summed E-state index contributed by atoms with van der Waals surface area (Å²) < 4.78 is 5.23. The minimum atomic E-state index is -0.251. The van der Waals surface area contributed by atoms with Crippen LogP contribution < -0.4 is 11.5 Å². The number of aromatic nitrogens is 5. The van der Waals surface area contributed by atoms with Gasteiger partial charge in [0.05, 0.1) is 12.1 Å². The summed E-state index contributed by atoms with van der Waals surface area (Å²) in [5, 5.41) is 6.70. The third-order valence-electron chi connectivity index (χ3n) is 8.91. The number of nitrogen functional groups attached to an aromatic ring is 2. The van der Waals surface area contributed by atoms with Crippen molar-refractivity contribution in [3.8, 4) is 0 Å². The Morgan fingerprint density at radius 3 is 1.52 bits per heavy atom. The van der Waals surface area contributed by atoms with Crippen LogP contribution in [0.2, 0.25) is 0 Å². The molecule has 4 heterocycles. The summed E-state index contributed by atoms with van der Waals surface area (Å²) in [4.78, 5) is 24.2. The Kier molecular flexibility index (Phi) is 21.8. The zero-order valence-electron chi connectivity index (χ0n) is 36.6. The Morgan fingerprint density at radius 1 is 0.586 bits per heavy atom. The van der Waals surface area contributed by atoms with Crippen LogP contribution >= 0.6 is 0 Å². The molecule has 0 saturated heterocycles. The van der Waals surface area contributed by atoms with E-state index in [1.807, 2.05) is 98.3 Å². The molecule has 4 aromatic heterocycles. The predicted molar refractivity (Wildman–Crippen MR) is 242 cm³/mol. The SMILES string of the molecule is CC(C)c1ccc(CC(=O)OCc2ccccc2)nc1.CC(C)c1ccc(N)cc1.CC(C)c1ccc(N)nc1.CC(C)c1ccn[nH]1.Cc1ccc(C(C)C)cn1. The molecule has 0 aliphatic heterocycles. The smallest absolute Gasteiger partial charge is 0.312 e. The average molecular weight is 786 g/mol. The molecule has 0 fully saturated rings. The lowest BCUT2D eigenvalue weighted by molar-refractivity contribution is -0.144. The van der Waals surface area contributed by atoms with Gasteiger partial charge in [-0.1, -0.05) is 130 Å². The van der Waals surface area contributed by atoms with Crippen molar-refractivity contribution in [2.75, 3.05) is 11.5 Å². The fraction of sp³-hybridized carbons (Fsp3) is 0.367. The Hall–Kier alpha value is -5.83. The van der Waals surface area contributed by atoms with Gasteiger partial charge in [-0.3, -0.25) is 19.9 Å². The Bertz CT molecular complexity index is 1820. The molecule has 0 spiro atoms. The molecule has 6 aromatic rings. The lowest BCUT2D eigenvalue weighted by Gasteiger charge is -2.07. The van der Waals surface area contributed by atoms with E-state index in [1.54, 1.807) is 6.20 Å². The highest BCUT2D eigenvalue weighted by Crippen LogP contribution is 2.16. The normalized spacial score (nSPS) is 10.4. The average Bonchev–Trinajstić information content (AvgIpc) is 3.76. The summed E-state index contributed by atoms with van der Waals surface area (Å²) in [6, 6.07) is 31.6. The molecule has 5 N–H and O–H groups in total. The number of pyridine rings is 3. The topological polar surface area (TPSA) is 146 Å². The number of anilines is 2.